The maximum atomic E-state index is 5.41. The molecule has 0 fully saturated rings. The third kappa shape index (κ3) is 3.70. The van der Waals surface area contributed by atoms with E-state index in [1.807, 2.05) is 18.2 Å². The number of thioether (sulfide) groups is 1. The van der Waals surface area contributed by atoms with Crippen molar-refractivity contribution < 1.29 is 9.47 Å². The van der Waals surface area contributed by atoms with Gasteiger partial charge in [-0.3, -0.25) is 0 Å². The fourth-order valence-corrected chi connectivity index (χ4v) is 3.86. The van der Waals surface area contributed by atoms with E-state index in [1.54, 1.807) is 26.0 Å². The minimum Gasteiger partial charge on any atom is -0.493 e. The Bertz CT molecular complexity index is 893. The summed E-state index contributed by atoms with van der Waals surface area (Å²) in [5.41, 5.74) is 3.57. The number of hydrogen-bond acceptors (Lipinski definition) is 5. The van der Waals surface area contributed by atoms with Gasteiger partial charge < -0.3 is 14.0 Å². The molecule has 0 N–H and O–H groups in total. The average Bonchev–Trinajstić information content (AvgIpc) is 3.09. The predicted octanol–water partition coefficient (Wildman–Crippen LogP) is 4.58. The molecule has 3 rings (SSSR count). The summed E-state index contributed by atoms with van der Waals surface area (Å²) in [6.07, 6.45) is 0. The van der Waals surface area contributed by atoms with Gasteiger partial charge in [-0.25, -0.2) is 0 Å². The fraction of sp³-hybridized carbons (Fsp3) is 0.300. The summed E-state index contributed by atoms with van der Waals surface area (Å²) >= 11 is 1.71. The second-order valence-electron chi connectivity index (χ2n) is 5.84. The zero-order valence-electron chi connectivity index (χ0n) is 15.5. The Balaban J connectivity index is 1.88. The average molecular weight is 369 g/mol. The molecule has 0 spiro atoms. The van der Waals surface area contributed by atoms with Crippen LogP contribution in [0.25, 0.3) is 11.4 Å². The van der Waals surface area contributed by atoms with Crippen molar-refractivity contribution in [1.29, 1.82) is 0 Å². The van der Waals surface area contributed by atoms with E-state index in [4.69, 9.17) is 9.47 Å². The van der Waals surface area contributed by atoms with Crippen LogP contribution in [-0.4, -0.2) is 29.0 Å². The summed E-state index contributed by atoms with van der Waals surface area (Å²) < 4.78 is 12.9. The topological polar surface area (TPSA) is 49.2 Å². The number of nitrogens with zero attached hydrogens (tertiary/aromatic N) is 3. The molecule has 1 heterocycles. The van der Waals surface area contributed by atoms with Crippen molar-refractivity contribution >= 4 is 11.8 Å². The Kier molecular flexibility index (Phi) is 5.83. The zero-order chi connectivity index (χ0) is 18.5. The first-order valence-corrected chi connectivity index (χ1v) is 9.49. The fourth-order valence-electron chi connectivity index (χ4n) is 2.78. The van der Waals surface area contributed by atoms with Gasteiger partial charge in [-0.15, -0.1) is 10.2 Å². The molecule has 0 atom stereocenters. The Hall–Kier alpha value is -2.47. The van der Waals surface area contributed by atoms with Crippen LogP contribution >= 0.6 is 11.8 Å². The molecule has 1 aromatic heterocycles. The second kappa shape index (κ2) is 8.27. The van der Waals surface area contributed by atoms with Crippen LogP contribution in [0.1, 0.15) is 18.1 Å². The minimum absolute atomic E-state index is 0.685. The minimum atomic E-state index is 0.685. The number of benzene rings is 2. The molecule has 5 nitrogen and oxygen atoms in total. The van der Waals surface area contributed by atoms with Crippen LogP contribution in [0.15, 0.2) is 47.6 Å². The molecule has 6 heteroatoms. The van der Waals surface area contributed by atoms with E-state index in [0.29, 0.717) is 11.5 Å². The SMILES string of the molecule is CCn1c(SCc2ccccc2C)nnc1-c1ccc(OC)c(OC)c1. The van der Waals surface area contributed by atoms with E-state index < -0.39 is 0 Å². The number of methoxy groups -OCH3 is 2. The zero-order valence-corrected chi connectivity index (χ0v) is 16.3. The number of rotatable bonds is 7. The molecule has 0 saturated carbocycles. The first-order chi connectivity index (χ1) is 12.7. The Morgan fingerprint density at radius 1 is 1.00 bits per heavy atom. The van der Waals surface area contributed by atoms with E-state index in [0.717, 1.165) is 28.8 Å². The molecule has 0 saturated heterocycles. The Morgan fingerprint density at radius 2 is 1.77 bits per heavy atom. The van der Waals surface area contributed by atoms with E-state index in [-0.39, 0.29) is 0 Å². The van der Waals surface area contributed by atoms with Crippen molar-refractivity contribution in [2.75, 3.05) is 14.2 Å². The van der Waals surface area contributed by atoms with Crippen LogP contribution < -0.4 is 9.47 Å². The van der Waals surface area contributed by atoms with Crippen molar-refractivity contribution in [1.82, 2.24) is 14.8 Å². The lowest BCUT2D eigenvalue weighted by molar-refractivity contribution is 0.355. The Labute approximate surface area is 158 Å². The molecule has 0 bridgehead atoms. The molecule has 0 aliphatic rings. The quantitative estimate of drug-likeness (QED) is 0.571. The van der Waals surface area contributed by atoms with Crippen molar-refractivity contribution in [2.24, 2.45) is 0 Å². The normalized spacial score (nSPS) is 10.8. The van der Waals surface area contributed by atoms with Crippen LogP contribution in [0.2, 0.25) is 0 Å². The maximum Gasteiger partial charge on any atom is 0.191 e. The van der Waals surface area contributed by atoms with Gasteiger partial charge in [0.1, 0.15) is 0 Å². The molecule has 0 unspecified atom stereocenters. The van der Waals surface area contributed by atoms with Gasteiger partial charge in [-0.2, -0.15) is 0 Å². The van der Waals surface area contributed by atoms with Gasteiger partial charge in [0, 0.05) is 17.9 Å². The van der Waals surface area contributed by atoms with Crippen LogP contribution in [-0.2, 0) is 12.3 Å². The van der Waals surface area contributed by atoms with E-state index >= 15 is 0 Å². The number of ether oxygens (including phenoxy) is 2. The number of aromatic nitrogens is 3. The first kappa shape index (κ1) is 18.3. The van der Waals surface area contributed by atoms with Crippen LogP contribution in [0.5, 0.6) is 11.5 Å². The molecule has 0 amide bonds. The van der Waals surface area contributed by atoms with E-state index in [9.17, 15) is 0 Å². The molecule has 2 aromatic carbocycles. The van der Waals surface area contributed by atoms with Crippen LogP contribution in [0, 0.1) is 6.92 Å². The molecule has 0 aliphatic carbocycles. The monoisotopic (exact) mass is 369 g/mol. The van der Waals surface area contributed by atoms with Crippen LogP contribution in [0.4, 0.5) is 0 Å². The van der Waals surface area contributed by atoms with Crippen molar-refractivity contribution in [3.05, 3.63) is 53.6 Å². The summed E-state index contributed by atoms with van der Waals surface area (Å²) in [7, 11) is 3.27. The van der Waals surface area contributed by atoms with Gasteiger partial charge >= 0.3 is 0 Å². The molecule has 0 aliphatic heterocycles. The highest BCUT2D eigenvalue weighted by molar-refractivity contribution is 7.98. The van der Waals surface area contributed by atoms with Gasteiger partial charge in [0.2, 0.25) is 0 Å². The Morgan fingerprint density at radius 3 is 2.46 bits per heavy atom. The third-order valence-electron chi connectivity index (χ3n) is 4.29. The number of hydrogen-bond donors (Lipinski definition) is 0. The summed E-state index contributed by atoms with van der Waals surface area (Å²) in [6.45, 7) is 5.04. The lowest BCUT2D eigenvalue weighted by atomic mass is 10.1. The second-order valence-corrected chi connectivity index (χ2v) is 6.78. The highest BCUT2D eigenvalue weighted by Gasteiger charge is 2.15. The van der Waals surface area contributed by atoms with E-state index in [1.165, 1.54) is 11.1 Å². The van der Waals surface area contributed by atoms with Crippen LogP contribution in [0.3, 0.4) is 0 Å². The molecular weight excluding hydrogens is 346 g/mol. The smallest absolute Gasteiger partial charge is 0.191 e. The summed E-state index contributed by atoms with van der Waals surface area (Å²) in [6, 6.07) is 14.2. The molecule has 3 aromatic rings. The van der Waals surface area contributed by atoms with Crippen molar-refractivity contribution in [3.8, 4) is 22.9 Å². The van der Waals surface area contributed by atoms with Crippen molar-refractivity contribution in [3.63, 3.8) is 0 Å². The lowest BCUT2D eigenvalue weighted by Gasteiger charge is -2.11. The van der Waals surface area contributed by atoms with Crippen molar-refractivity contribution in [2.45, 2.75) is 31.3 Å². The van der Waals surface area contributed by atoms with Gasteiger partial charge in [0.15, 0.2) is 22.5 Å². The first-order valence-electron chi connectivity index (χ1n) is 8.50. The number of aryl methyl sites for hydroxylation is 1. The maximum absolute atomic E-state index is 5.41. The van der Waals surface area contributed by atoms with Gasteiger partial charge in [-0.05, 0) is 43.2 Å². The highest BCUT2D eigenvalue weighted by Crippen LogP contribution is 2.33. The van der Waals surface area contributed by atoms with E-state index in [2.05, 4.69) is 52.9 Å². The predicted molar refractivity (Wildman–Crippen MR) is 105 cm³/mol. The summed E-state index contributed by atoms with van der Waals surface area (Å²) in [4.78, 5) is 0. The molecule has 0 radical (unpaired) electrons. The molecule has 26 heavy (non-hydrogen) atoms. The molecular formula is C20H23N3O2S. The van der Waals surface area contributed by atoms with Gasteiger partial charge in [0.05, 0.1) is 14.2 Å². The highest BCUT2D eigenvalue weighted by atomic mass is 32.2. The molecule has 136 valence electrons. The van der Waals surface area contributed by atoms with Gasteiger partial charge in [0.25, 0.3) is 0 Å². The lowest BCUT2D eigenvalue weighted by Crippen LogP contribution is -2.00. The van der Waals surface area contributed by atoms with Gasteiger partial charge in [-0.1, -0.05) is 36.0 Å². The standard InChI is InChI=1S/C20H23N3O2S/c1-5-23-19(15-10-11-17(24-3)18(12-15)25-4)21-22-20(23)26-13-16-9-7-6-8-14(16)2/h6-12H,5,13H2,1-4H3. The third-order valence-corrected chi connectivity index (χ3v) is 5.31. The summed E-state index contributed by atoms with van der Waals surface area (Å²) in [5, 5.41) is 9.75. The largest absolute Gasteiger partial charge is 0.493 e. The summed E-state index contributed by atoms with van der Waals surface area (Å²) in [5.74, 6) is 3.09.